The van der Waals surface area contributed by atoms with Crippen molar-refractivity contribution in [2.75, 3.05) is 19.6 Å². The lowest BCUT2D eigenvalue weighted by atomic mass is 9.88. The van der Waals surface area contributed by atoms with E-state index in [2.05, 4.69) is 40.5 Å². The van der Waals surface area contributed by atoms with E-state index in [1.165, 1.54) is 37.8 Å². The maximum Gasteiger partial charge on any atom is 0.0435 e. The number of nitrogens with two attached hydrogens (primary N) is 1. The molecule has 1 aromatic rings. The van der Waals surface area contributed by atoms with Crippen LogP contribution in [0.2, 0.25) is 0 Å². The second-order valence-electron chi connectivity index (χ2n) is 6.20. The third-order valence-corrected chi connectivity index (χ3v) is 4.38. The van der Waals surface area contributed by atoms with Crippen LogP contribution in [0.5, 0.6) is 0 Å². The van der Waals surface area contributed by atoms with Crippen LogP contribution in [0.1, 0.15) is 31.2 Å². The van der Waals surface area contributed by atoms with Crippen LogP contribution in [0.3, 0.4) is 0 Å². The van der Waals surface area contributed by atoms with E-state index in [0.29, 0.717) is 0 Å². The van der Waals surface area contributed by atoms with Crippen LogP contribution >= 0.6 is 0 Å². The molecule has 0 bridgehead atoms. The first kappa shape index (κ1) is 13.1. The summed E-state index contributed by atoms with van der Waals surface area (Å²) in [6.07, 6.45) is 5.15. The molecular formula is C16H25N3. The zero-order chi connectivity index (χ0) is 13.1. The average Bonchev–Trinajstić information content (AvgIpc) is 3.24. The van der Waals surface area contributed by atoms with E-state index in [0.717, 1.165) is 25.7 Å². The first-order valence-corrected chi connectivity index (χ1v) is 7.54. The standard InChI is InChI=1S/C16H25N3/c17-12-16(18-15-7-8-15)9-4-10-19(13-16)11-14-5-2-1-3-6-14/h1-3,5-6,15,18H,4,7-13,17H2. The fraction of sp³-hybridized carbons (Fsp3) is 0.625. The van der Waals surface area contributed by atoms with Gasteiger partial charge in [-0.1, -0.05) is 30.3 Å². The molecule has 3 nitrogen and oxygen atoms in total. The number of nitrogens with zero attached hydrogens (tertiary/aromatic N) is 1. The Morgan fingerprint density at radius 3 is 2.74 bits per heavy atom. The fourth-order valence-electron chi connectivity index (χ4n) is 3.21. The van der Waals surface area contributed by atoms with Crippen molar-refractivity contribution in [1.82, 2.24) is 10.2 Å². The van der Waals surface area contributed by atoms with Crippen molar-refractivity contribution in [3.8, 4) is 0 Å². The molecule has 1 heterocycles. The van der Waals surface area contributed by atoms with Crippen LogP contribution < -0.4 is 11.1 Å². The maximum absolute atomic E-state index is 6.08. The van der Waals surface area contributed by atoms with Gasteiger partial charge in [0, 0.05) is 31.2 Å². The third kappa shape index (κ3) is 3.35. The third-order valence-electron chi connectivity index (χ3n) is 4.38. The molecule has 1 saturated heterocycles. The monoisotopic (exact) mass is 259 g/mol. The quantitative estimate of drug-likeness (QED) is 0.846. The van der Waals surface area contributed by atoms with Gasteiger partial charge < -0.3 is 11.1 Å². The Hall–Kier alpha value is -0.900. The molecular weight excluding hydrogens is 234 g/mol. The van der Waals surface area contributed by atoms with Gasteiger partial charge in [-0.25, -0.2) is 0 Å². The first-order chi connectivity index (χ1) is 9.30. The summed E-state index contributed by atoms with van der Waals surface area (Å²) < 4.78 is 0. The van der Waals surface area contributed by atoms with E-state index < -0.39 is 0 Å². The molecule has 104 valence electrons. The molecule has 1 aromatic carbocycles. The minimum absolute atomic E-state index is 0.161. The summed E-state index contributed by atoms with van der Waals surface area (Å²) in [5.74, 6) is 0. The number of nitrogens with one attached hydrogen (secondary N) is 1. The summed E-state index contributed by atoms with van der Waals surface area (Å²) in [7, 11) is 0. The molecule has 1 aliphatic carbocycles. The smallest absolute Gasteiger partial charge is 0.0435 e. The first-order valence-electron chi connectivity index (χ1n) is 7.54. The van der Waals surface area contributed by atoms with Crippen molar-refractivity contribution >= 4 is 0 Å². The number of hydrogen-bond acceptors (Lipinski definition) is 3. The highest BCUT2D eigenvalue weighted by molar-refractivity contribution is 5.15. The molecule has 3 rings (SSSR count). The molecule has 0 spiro atoms. The molecule has 3 N–H and O–H groups in total. The highest BCUT2D eigenvalue weighted by atomic mass is 15.2. The summed E-state index contributed by atoms with van der Waals surface area (Å²) in [6.45, 7) is 4.10. The Bertz CT molecular complexity index is 402. The van der Waals surface area contributed by atoms with Gasteiger partial charge in [-0.05, 0) is 37.8 Å². The van der Waals surface area contributed by atoms with Gasteiger partial charge in [0.1, 0.15) is 0 Å². The Kier molecular flexibility index (Phi) is 3.87. The summed E-state index contributed by atoms with van der Waals surface area (Å²) in [5.41, 5.74) is 7.65. The van der Waals surface area contributed by atoms with Crippen molar-refractivity contribution in [1.29, 1.82) is 0 Å². The topological polar surface area (TPSA) is 41.3 Å². The van der Waals surface area contributed by atoms with E-state index in [9.17, 15) is 0 Å². The zero-order valence-electron chi connectivity index (χ0n) is 11.6. The van der Waals surface area contributed by atoms with E-state index in [1.807, 2.05) is 0 Å². The molecule has 0 amide bonds. The maximum atomic E-state index is 6.08. The van der Waals surface area contributed by atoms with Crippen LogP contribution in [-0.2, 0) is 6.54 Å². The number of likely N-dealkylation sites (tertiary alicyclic amines) is 1. The van der Waals surface area contributed by atoms with E-state index in [-0.39, 0.29) is 5.54 Å². The van der Waals surface area contributed by atoms with Crippen LogP contribution in [0.15, 0.2) is 30.3 Å². The minimum Gasteiger partial charge on any atom is -0.329 e. The van der Waals surface area contributed by atoms with Crippen molar-refractivity contribution in [3.05, 3.63) is 35.9 Å². The van der Waals surface area contributed by atoms with Crippen LogP contribution in [0.4, 0.5) is 0 Å². The van der Waals surface area contributed by atoms with Gasteiger partial charge in [-0.3, -0.25) is 4.90 Å². The van der Waals surface area contributed by atoms with E-state index in [1.54, 1.807) is 0 Å². The molecule has 2 fully saturated rings. The zero-order valence-corrected chi connectivity index (χ0v) is 11.6. The van der Waals surface area contributed by atoms with Crippen LogP contribution in [0.25, 0.3) is 0 Å². The summed E-state index contributed by atoms with van der Waals surface area (Å²) >= 11 is 0. The normalized spacial score (nSPS) is 28.5. The molecule has 1 unspecified atom stereocenters. The van der Waals surface area contributed by atoms with Gasteiger partial charge in [0.15, 0.2) is 0 Å². The summed E-state index contributed by atoms with van der Waals surface area (Å²) in [4.78, 5) is 2.56. The predicted octanol–water partition coefficient (Wildman–Crippen LogP) is 1.73. The molecule has 3 heteroatoms. The van der Waals surface area contributed by atoms with Gasteiger partial charge in [0.05, 0.1) is 0 Å². The molecule has 1 saturated carbocycles. The summed E-state index contributed by atoms with van der Waals surface area (Å²) in [6, 6.07) is 11.5. The van der Waals surface area contributed by atoms with Crippen molar-refractivity contribution < 1.29 is 0 Å². The van der Waals surface area contributed by atoms with Crippen molar-refractivity contribution in [2.45, 2.75) is 43.8 Å². The highest BCUT2D eigenvalue weighted by Gasteiger charge is 2.38. The van der Waals surface area contributed by atoms with Crippen LogP contribution in [0, 0.1) is 0 Å². The van der Waals surface area contributed by atoms with E-state index >= 15 is 0 Å². The second kappa shape index (κ2) is 5.61. The Morgan fingerprint density at radius 2 is 2.05 bits per heavy atom. The number of benzene rings is 1. The Labute approximate surface area is 116 Å². The number of rotatable bonds is 5. The molecule has 0 aromatic heterocycles. The second-order valence-corrected chi connectivity index (χ2v) is 6.20. The van der Waals surface area contributed by atoms with Crippen molar-refractivity contribution in [3.63, 3.8) is 0 Å². The Morgan fingerprint density at radius 1 is 1.26 bits per heavy atom. The SMILES string of the molecule is NCC1(NC2CC2)CCCN(Cc2ccccc2)C1. The van der Waals surface area contributed by atoms with Gasteiger partial charge >= 0.3 is 0 Å². The largest absolute Gasteiger partial charge is 0.329 e. The lowest BCUT2D eigenvalue weighted by molar-refractivity contribution is 0.118. The molecule has 2 aliphatic rings. The number of piperidine rings is 1. The summed E-state index contributed by atoms with van der Waals surface area (Å²) in [5, 5.41) is 3.81. The predicted molar refractivity (Wildman–Crippen MR) is 78.9 cm³/mol. The molecule has 1 aliphatic heterocycles. The minimum atomic E-state index is 0.161. The van der Waals surface area contributed by atoms with Crippen LogP contribution in [-0.4, -0.2) is 36.1 Å². The van der Waals surface area contributed by atoms with Gasteiger partial charge in [-0.15, -0.1) is 0 Å². The molecule has 0 radical (unpaired) electrons. The lowest BCUT2D eigenvalue weighted by Crippen LogP contribution is -2.61. The van der Waals surface area contributed by atoms with E-state index in [4.69, 9.17) is 5.73 Å². The molecule has 19 heavy (non-hydrogen) atoms. The highest BCUT2D eigenvalue weighted by Crippen LogP contribution is 2.28. The van der Waals surface area contributed by atoms with Gasteiger partial charge in [0.2, 0.25) is 0 Å². The Balaban J connectivity index is 1.63. The average molecular weight is 259 g/mol. The fourth-order valence-corrected chi connectivity index (χ4v) is 3.21. The van der Waals surface area contributed by atoms with Gasteiger partial charge in [0.25, 0.3) is 0 Å². The lowest BCUT2D eigenvalue weighted by Gasteiger charge is -2.43. The number of hydrogen-bond donors (Lipinski definition) is 2. The molecule has 1 atom stereocenters. The van der Waals surface area contributed by atoms with Gasteiger partial charge in [-0.2, -0.15) is 0 Å². The van der Waals surface area contributed by atoms with Crippen molar-refractivity contribution in [2.24, 2.45) is 5.73 Å².